The van der Waals surface area contributed by atoms with Crippen LogP contribution in [0.2, 0.25) is 0 Å². The molecular weight excluding hydrogens is 476 g/mol. The van der Waals surface area contributed by atoms with E-state index in [1.165, 1.54) is 52.8 Å². The third kappa shape index (κ3) is 3.69. The van der Waals surface area contributed by atoms with Crippen molar-refractivity contribution in [2.75, 3.05) is 0 Å². The third-order valence-electron chi connectivity index (χ3n) is 8.09. The number of aliphatic hydroxyl groups excluding tert-OH is 3. The van der Waals surface area contributed by atoms with Crippen molar-refractivity contribution in [3.63, 3.8) is 0 Å². The van der Waals surface area contributed by atoms with E-state index in [0.29, 0.717) is 0 Å². The average molecular weight is 511 g/mol. The van der Waals surface area contributed by atoms with Crippen LogP contribution in [0.3, 0.4) is 0 Å². The molecule has 0 amide bonds. The fourth-order valence-electron chi connectivity index (χ4n) is 6.02. The van der Waals surface area contributed by atoms with Crippen molar-refractivity contribution in [3.8, 4) is 0 Å². The molecule has 0 aliphatic heterocycles. The van der Waals surface area contributed by atoms with Crippen LogP contribution >= 0.6 is 0 Å². The zero-order valence-electron chi connectivity index (χ0n) is 22.1. The number of carbonyl (C=O) groups excluding carboxylic acids is 4. The highest BCUT2D eigenvalue weighted by Gasteiger charge is 2.72. The third-order valence-corrected chi connectivity index (χ3v) is 8.09. The molecule has 4 aliphatic carbocycles. The van der Waals surface area contributed by atoms with E-state index in [0.717, 1.165) is 0 Å². The molecule has 0 saturated heterocycles. The normalized spacial score (nSPS) is 35.6. The Kier molecular flexibility index (Phi) is 6.90. The molecule has 4 aliphatic rings. The first-order chi connectivity index (χ1) is 17.0. The number of rotatable bonds is 5. The molecule has 3 saturated carbocycles. The van der Waals surface area contributed by atoms with Crippen molar-refractivity contribution in [2.45, 2.75) is 54.1 Å². The molecular formula is C29H34O8. The maximum Gasteiger partial charge on any atom is 0.183 e. The molecule has 3 unspecified atom stereocenters. The summed E-state index contributed by atoms with van der Waals surface area (Å²) >= 11 is 0. The van der Waals surface area contributed by atoms with Crippen LogP contribution in [0.15, 0.2) is 70.5 Å². The smallest absolute Gasteiger partial charge is 0.183 e. The summed E-state index contributed by atoms with van der Waals surface area (Å²) in [6.45, 7) is 10.1. The Morgan fingerprint density at radius 2 is 1.54 bits per heavy atom. The summed E-state index contributed by atoms with van der Waals surface area (Å²) in [6.07, 6.45) is 9.08. The number of hydrogen-bond donors (Lipinski definition) is 4. The van der Waals surface area contributed by atoms with Gasteiger partial charge in [-0.05, 0) is 54.5 Å². The molecule has 4 N–H and O–H groups in total. The molecule has 3 fully saturated rings. The van der Waals surface area contributed by atoms with Crippen LogP contribution in [-0.2, 0) is 19.2 Å². The van der Waals surface area contributed by atoms with Gasteiger partial charge in [-0.25, -0.2) is 0 Å². The molecule has 8 nitrogen and oxygen atoms in total. The predicted octanol–water partition coefficient (Wildman–Crippen LogP) is 4.10. The quantitative estimate of drug-likeness (QED) is 0.108. The van der Waals surface area contributed by atoms with Crippen molar-refractivity contribution in [2.24, 2.45) is 28.6 Å². The van der Waals surface area contributed by atoms with Crippen LogP contribution in [0.25, 0.3) is 0 Å². The fourth-order valence-corrected chi connectivity index (χ4v) is 6.02. The highest BCUT2D eigenvalue weighted by molar-refractivity contribution is 6.28. The number of hydrogen-bond acceptors (Lipinski definition) is 8. The van der Waals surface area contributed by atoms with Crippen LogP contribution in [0.5, 0.6) is 0 Å². The summed E-state index contributed by atoms with van der Waals surface area (Å²) in [5.74, 6) is -8.74. The lowest BCUT2D eigenvalue weighted by atomic mass is 9.42. The molecule has 0 radical (unpaired) electrons. The summed E-state index contributed by atoms with van der Waals surface area (Å²) in [6, 6.07) is 0. The molecule has 8 heteroatoms. The number of fused-ring (bicyclic) bond motifs is 3. The largest absolute Gasteiger partial charge is 0.511 e. The van der Waals surface area contributed by atoms with Crippen LogP contribution in [-0.4, -0.2) is 49.2 Å². The summed E-state index contributed by atoms with van der Waals surface area (Å²) in [5, 5.41) is 43.7. The molecule has 5 atom stereocenters. The van der Waals surface area contributed by atoms with E-state index in [4.69, 9.17) is 0 Å². The van der Waals surface area contributed by atoms with Crippen LogP contribution in [0, 0.1) is 28.6 Å². The SMILES string of the molecule is C/C=C/C=C/C(O)=C1\C(=O)C2(C)C(=O)C(C)(O)C1[C@H](C(=O)C1=C(O)C(C)=C(O)C(C)(C)C1=O)[C@H]2/C=C/C. The Morgan fingerprint density at radius 3 is 2.08 bits per heavy atom. The molecule has 198 valence electrons. The molecule has 0 heterocycles. The van der Waals surface area contributed by atoms with Gasteiger partial charge in [0.1, 0.15) is 28.5 Å². The predicted molar refractivity (Wildman–Crippen MR) is 136 cm³/mol. The van der Waals surface area contributed by atoms with Gasteiger partial charge in [0, 0.05) is 28.9 Å². The number of Topliss-reactive ketones (excluding diaryl/α,β-unsaturated/α-hetero) is 4. The molecule has 4 rings (SSSR count). The van der Waals surface area contributed by atoms with Gasteiger partial charge in [-0.2, -0.15) is 0 Å². The van der Waals surface area contributed by atoms with Crippen LogP contribution in [0.4, 0.5) is 0 Å². The van der Waals surface area contributed by atoms with Gasteiger partial charge in [0.15, 0.2) is 23.1 Å². The minimum absolute atomic E-state index is 0.0467. The highest BCUT2D eigenvalue weighted by Crippen LogP contribution is 2.60. The summed E-state index contributed by atoms with van der Waals surface area (Å²) in [5.41, 5.74) is -6.60. The lowest BCUT2D eigenvalue weighted by molar-refractivity contribution is -0.180. The molecule has 2 bridgehead atoms. The summed E-state index contributed by atoms with van der Waals surface area (Å²) in [7, 11) is 0. The van der Waals surface area contributed by atoms with Crippen molar-refractivity contribution < 1.29 is 39.6 Å². The van der Waals surface area contributed by atoms with E-state index in [1.807, 2.05) is 0 Å². The first-order valence-corrected chi connectivity index (χ1v) is 12.1. The van der Waals surface area contributed by atoms with Gasteiger partial charge in [0.05, 0.1) is 10.8 Å². The lowest BCUT2D eigenvalue weighted by Gasteiger charge is -2.58. The summed E-state index contributed by atoms with van der Waals surface area (Å²) in [4.78, 5) is 54.8. The van der Waals surface area contributed by atoms with Crippen molar-refractivity contribution in [1.82, 2.24) is 0 Å². The minimum atomic E-state index is -2.24. The molecule has 0 aromatic carbocycles. The van der Waals surface area contributed by atoms with Gasteiger partial charge in [-0.1, -0.05) is 30.4 Å². The zero-order chi connectivity index (χ0) is 28.2. The summed E-state index contributed by atoms with van der Waals surface area (Å²) < 4.78 is 0. The monoisotopic (exact) mass is 510 g/mol. The second-order valence-electron chi connectivity index (χ2n) is 10.8. The van der Waals surface area contributed by atoms with Gasteiger partial charge < -0.3 is 20.4 Å². The van der Waals surface area contributed by atoms with E-state index < -0.39 is 74.4 Å². The number of aliphatic hydroxyl groups is 4. The number of carbonyl (C=O) groups is 4. The Hall–Kier alpha value is -3.52. The van der Waals surface area contributed by atoms with Gasteiger partial charge in [0.25, 0.3) is 0 Å². The van der Waals surface area contributed by atoms with E-state index in [1.54, 1.807) is 32.1 Å². The maximum atomic E-state index is 14.2. The first kappa shape index (κ1) is 28.1. The van der Waals surface area contributed by atoms with Crippen LogP contribution in [0.1, 0.15) is 48.5 Å². The van der Waals surface area contributed by atoms with Gasteiger partial charge >= 0.3 is 0 Å². The van der Waals surface area contributed by atoms with Crippen LogP contribution < -0.4 is 0 Å². The van der Waals surface area contributed by atoms with Crippen molar-refractivity contribution >= 4 is 23.1 Å². The number of ketones is 4. The van der Waals surface area contributed by atoms with E-state index in [-0.39, 0.29) is 16.9 Å². The lowest BCUT2D eigenvalue weighted by Crippen LogP contribution is -2.71. The molecule has 0 spiro atoms. The van der Waals surface area contributed by atoms with Gasteiger partial charge in [-0.3, -0.25) is 19.2 Å². The molecule has 0 aromatic rings. The highest BCUT2D eigenvalue weighted by atomic mass is 16.3. The standard InChI is InChI=1S/C29H34O8/c1-8-10-11-13-16(30)18-20-17(15(12-9-2)28(6,25(18)35)26(36)29(20,7)37)22(32)19-21(31)14(3)23(33)27(4,5)24(19)34/h8-13,15,17,20,30-31,33,37H,1-7H3/b10-8+,12-9+,13-11+,18-16+/t15-,17-,20?,28?,29?/m1/s1. The maximum absolute atomic E-state index is 14.2. The Labute approximate surface area is 216 Å². The second kappa shape index (κ2) is 9.10. The van der Waals surface area contributed by atoms with Crippen molar-refractivity contribution in [3.05, 3.63) is 70.5 Å². The topological polar surface area (TPSA) is 149 Å². The Balaban J connectivity index is 2.39. The van der Waals surface area contributed by atoms with Crippen molar-refractivity contribution in [1.29, 1.82) is 0 Å². The Bertz CT molecular complexity index is 1280. The number of allylic oxidation sites excluding steroid dienone is 9. The van der Waals surface area contributed by atoms with E-state index >= 15 is 0 Å². The molecule has 37 heavy (non-hydrogen) atoms. The molecule has 0 aromatic heterocycles. The minimum Gasteiger partial charge on any atom is -0.511 e. The van der Waals surface area contributed by atoms with Gasteiger partial charge in [0.2, 0.25) is 0 Å². The van der Waals surface area contributed by atoms with E-state index in [2.05, 4.69) is 0 Å². The van der Waals surface area contributed by atoms with E-state index in [9.17, 15) is 39.6 Å². The second-order valence-corrected chi connectivity index (χ2v) is 10.8. The average Bonchev–Trinajstić information content (AvgIpc) is 2.83. The zero-order valence-corrected chi connectivity index (χ0v) is 22.1. The fraction of sp³-hybridized carbons (Fsp3) is 0.448. The van der Waals surface area contributed by atoms with Gasteiger partial charge in [-0.15, -0.1) is 0 Å². The first-order valence-electron chi connectivity index (χ1n) is 12.1. The Morgan fingerprint density at radius 1 is 0.946 bits per heavy atom.